The van der Waals surface area contributed by atoms with E-state index in [1.807, 2.05) is 6.07 Å². The fourth-order valence-electron chi connectivity index (χ4n) is 4.58. The lowest BCUT2D eigenvalue weighted by atomic mass is 10.1. The molecular weight excluding hydrogens is 305 g/mol. The minimum atomic E-state index is -2.67. The van der Waals surface area contributed by atoms with Crippen LogP contribution in [0.4, 0.5) is 0 Å². The van der Waals surface area contributed by atoms with E-state index in [1.54, 1.807) is 0 Å². The summed E-state index contributed by atoms with van der Waals surface area (Å²) >= 11 is 0. The van der Waals surface area contributed by atoms with Crippen LogP contribution in [0.1, 0.15) is 68.9 Å². The lowest BCUT2D eigenvalue weighted by molar-refractivity contribution is 0.316. The van der Waals surface area contributed by atoms with Crippen molar-refractivity contribution in [2.75, 3.05) is 0 Å². The van der Waals surface area contributed by atoms with Crippen LogP contribution in [-0.2, 0) is 15.6 Å². The molecule has 0 heterocycles. The Kier molecular flexibility index (Phi) is 4.32. The second-order valence-electron chi connectivity index (χ2n) is 7.30. The second kappa shape index (κ2) is 6.43. The van der Waals surface area contributed by atoms with Crippen molar-refractivity contribution in [1.82, 2.24) is 0 Å². The van der Waals surface area contributed by atoms with E-state index < -0.39 is 7.37 Å². The highest BCUT2D eigenvalue weighted by atomic mass is 31.2. The van der Waals surface area contributed by atoms with Gasteiger partial charge in [-0.1, -0.05) is 55.1 Å². The maximum atomic E-state index is 13.8. The van der Waals surface area contributed by atoms with Gasteiger partial charge in [-0.05, 0) is 44.1 Å². The first-order chi connectivity index (χ1) is 11.3. The molecule has 0 N–H and O–H groups in total. The number of benzene rings is 1. The Labute approximate surface area is 138 Å². The molecule has 1 aromatic carbocycles. The maximum absolute atomic E-state index is 13.8. The third-order valence-corrected chi connectivity index (χ3v) is 9.31. The standard InChI is InChI=1S/C19H26NO2P/c21-23(16-8-2-3-9-16,17-10-4-5-11-17)22-20-19-14-13-15-7-1-6-12-18(15)19/h1,6-7,12,16-17H,2-5,8-11,13-14H2/b20-19+. The van der Waals surface area contributed by atoms with Crippen molar-refractivity contribution in [2.24, 2.45) is 5.16 Å². The van der Waals surface area contributed by atoms with Crippen molar-refractivity contribution in [3.05, 3.63) is 35.4 Å². The van der Waals surface area contributed by atoms with Crippen LogP contribution in [0.3, 0.4) is 0 Å². The van der Waals surface area contributed by atoms with Crippen molar-refractivity contribution in [3.63, 3.8) is 0 Å². The van der Waals surface area contributed by atoms with Gasteiger partial charge in [-0.15, -0.1) is 0 Å². The Bertz CT molecular complexity index is 623. The number of hydrogen-bond donors (Lipinski definition) is 0. The maximum Gasteiger partial charge on any atom is 0.280 e. The van der Waals surface area contributed by atoms with Crippen molar-refractivity contribution in [2.45, 2.75) is 75.5 Å². The van der Waals surface area contributed by atoms with E-state index in [0.717, 1.165) is 44.2 Å². The molecule has 3 aliphatic rings. The van der Waals surface area contributed by atoms with Gasteiger partial charge < -0.3 is 4.62 Å². The molecule has 124 valence electrons. The number of oxime groups is 1. The molecule has 0 aromatic heterocycles. The van der Waals surface area contributed by atoms with Crippen LogP contribution in [0.25, 0.3) is 0 Å². The highest BCUT2D eigenvalue weighted by molar-refractivity contribution is 7.60. The predicted octanol–water partition coefficient (Wildman–Crippen LogP) is 5.52. The molecule has 0 radical (unpaired) electrons. The van der Waals surface area contributed by atoms with Crippen molar-refractivity contribution in [1.29, 1.82) is 0 Å². The minimum Gasteiger partial charge on any atom is -0.339 e. The molecule has 23 heavy (non-hydrogen) atoms. The quantitative estimate of drug-likeness (QED) is 0.538. The number of rotatable bonds is 4. The molecule has 0 aliphatic heterocycles. The summed E-state index contributed by atoms with van der Waals surface area (Å²) in [5, 5.41) is 4.48. The Morgan fingerprint density at radius 1 is 0.913 bits per heavy atom. The molecule has 0 spiro atoms. The van der Waals surface area contributed by atoms with Crippen molar-refractivity contribution >= 4 is 13.1 Å². The van der Waals surface area contributed by atoms with Gasteiger partial charge in [-0.3, -0.25) is 4.57 Å². The lowest BCUT2D eigenvalue weighted by Gasteiger charge is -2.27. The average molecular weight is 331 g/mol. The van der Waals surface area contributed by atoms with Gasteiger partial charge in [-0.25, -0.2) is 0 Å². The van der Waals surface area contributed by atoms with E-state index in [4.69, 9.17) is 4.62 Å². The summed E-state index contributed by atoms with van der Waals surface area (Å²) in [5.41, 5.74) is 4.04. The van der Waals surface area contributed by atoms with Gasteiger partial charge in [0.05, 0.1) is 5.71 Å². The van der Waals surface area contributed by atoms with E-state index in [0.29, 0.717) is 0 Å². The minimum absolute atomic E-state index is 0.256. The molecule has 0 amide bonds. The normalized spacial score (nSPS) is 24.4. The van der Waals surface area contributed by atoms with Gasteiger partial charge in [0.25, 0.3) is 7.37 Å². The van der Waals surface area contributed by atoms with Gasteiger partial charge in [0.2, 0.25) is 0 Å². The van der Waals surface area contributed by atoms with E-state index in [9.17, 15) is 4.57 Å². The van der Waals surface area contributed by atoms with Crippen LogP contribution in [0.2, 0.25) is 0 Å². The smallest absolute Gasteiger partial charge is 0.280 e. The monoisotopic (exact) mass is 331 g/mol. The Morgan fingerprint density at radius 3 is 2.17 bits per heavy atom. The van der Waals surface area contributed by atoms with E-state index in [1.165, 1.54) is 36.8 Å². The molecule has 0 atom stereocenters. The average Bonchev–Trinajstić information content (AvgIpc) is 3.34. The third-order valence-electron chi connectivity index (χ3n) is 5.91. The lowest BCUT2D eigenvalue weighted by Crippen LogP contribution is -2.15. The van der Waals surface area contributed by atoms with Crippen LogP contribution in [-0.4, -0.2) is 17.0 Å². The number of hydrogen-bond acceptors (Lipinski definition) is 3. The van der Waals surface area contributed by atoms with E-state index in [-0.39, 0.29) is 11.3 Å². The zero-order chi connectivity index (χ0) is 15.7. The number of nitrogens with zero attached hydrogens (tertiary/aromatic N) is 1. The zero-order valence-corrected chi connectivity index (χ0v) is 14.6. The molecule has 3 nitrogen and oxygen atoms in total. The SMILES string of the molecule is O=P(O/N=C1\CCc2ccccc21)(C1CCCC1)C1CCCC1. The van der Waals surface area contributed by atoms with Crippen LogP contribution >= 0.6 is 7.37 Å². The van der Waals surface area contributed by atoms with Gasteiger partial charge in [0.1, 0.15) is 0 Å². The largest absolute Gasteiger partial charge is 0.339 e. The second-order valence-corrected chi connectivity index (χ2v) is 10.2. The van der Waals surface area contributed by atoms with Crippen LogP contribution in [0.5, 0.6) is 0 Å². The molecule has 2 saturated carbocycles. The van der Waals surface area contributed by atoms with Crippen LogP contribution in [0, 0.1) is 0 Å². The summed E-state index contributed by atoms with van der Waals surface area (Å²) in [5.74, 6) is 0. The Morgan fingerprint density at radius 2 is 1.52 bits per heavy atom. The summed E-state index contributed by atoms with van der Waals surface area (Å²) < 4.78 is 19.7. The first kappa shape index (κ1) is 15.4. The summed E-state index contributed by atoms with van der Waals surface area (Å²) in [6, 6.07) is 8.39. The van der Waals surface area contributed by atoms with Crippen LogP contribution < -0.4 is 0 Å². The predicted molar refractivity (Wildman–Crippen MR) is 94.5 cm³/mol. The van der Waals surface area contributed by atoms with Gasteiger partial charge in [-0.2, -0.15) is 0 Å². The molecular formula is C19H26NO2P. The highest BCUT2D eigenvalue weighted by Gasteiger charge is 2.45. The molecule has 4 heteroatoms. The fourth-order valence-corrected chi connectivity index (χ4v) is 7.83. The molecule has 0 bridgehead atoms. The summed E-state index contributed by atoms with van der Waals surface area (Å²) in [6.07, 6.45) is 11.0. The molecule has 2 fully saturated rings. The highest BCUT2D eigenvalue weighted by Crippen LogP contribution is 2.64. The van der Waals surface area contributed by atoms with Crippen LogP contribution in [0.15, 0.2) is 29.4 Å². The number of fused-ring (bicyclic) bond motifs is 1. The Balaban J connectivity index is 1.59. The van der Waals surface area contributed by atoms with Gasteiger partial charge in [0.15, 0.2) is 0 Å². The van der Waals surface area contributed by atoms with E-state index >= 15 is 0 Å². The van der Waals surface area contributed by atoms with Gasteiger partial charge in [0, 0.05) is 16.9 Å². The molecule has 3 aliphatic carbocycles. The fraction of sp³-hybridized carbons (Fsp3) is 0.632. The summed E-state index contributed by atoms with van der Waals surface area (Å²) in [7, 11) is -2.67. The zero-order valence-electron chi connectivity index (χ0n) is 13.7. The molecule has 1 aromatic rings. The Hall–Kier alpha value is -1.08. The third kappa shape index (κ3) is 2.89. The molecule has 0 unspecified atom stereocenters. The topological polar surface area (TPSA) is 38.7 Å². The van der Waals surface area contributed by atoms with Crippen molar-refractivity contribution in [3.8, 4) is 0 Å². The number of aryl methyl sites for hydroxylation is 1. The van der Waals surface area contributed by atoms with Crippen molar-refractivity contribution < 1.29 is 9.19 Å². The molecule has 4 rings (SSSR count). The first-order valence-corrected chi connectivity index (χ1v) is 11.0. The van der Waals surface area contributed by atoms with Gasteiger partial charge >= 0.3 is 0 Å². The summed E-state index contributed by atoms with van der Waals surface area (Å²) in [6.45, 7) is 0. The summed E-state index contributed by atoms with van der Waals surface area (Å²) in [4.78, 5) is 0. The molecule has 0 saturated heterocycles. The first-order valence-electron chi connectivity index (χ1n) is 9.21. The van der Waals surface area contributed by atoms with E-state index in [2.05, 4.69) is 23.4 Å².